The summed E-state index contributed by atoms with van der Waals surface area (Å²) in [6.45, 7) is 0.685. The fourth-order valence-electron chi connectivity index (χ4n) is 1.17. The number of halogens is 4. The van der Waals surface area contributed by atoms with Crippen molar-refractivity contribution in [1.82, 2.24) is 5.32 Å². The molecule has 0 aliphatic heterocycles. The lowest BCUT2D eigenvalue weighted by Gasteiger charge is -2.10. The Morgan fingerprint density at radius 1 is 1.37 bits per heavy atom. The summed E-state index contributed by atoms with van der Waals surface area (Å²) in [6, 6.07) is 2.38. The second kappa shape index (κ2) is 5.92. The molecular formula is C11H9ClF3NO3. The quantitative estimate of drug-likeness (QED) is 0.689. The fraction of sp³-hybridized carbons (Fsp3) is 0.273. The van der Waals surface area contributed by atoms with Crippen molar-refractivity contribution in [3.05, 3.63) is 34.3 Å². The molecule has 0 heterocycles. The molecule has 0 aliphatic carbocycles. The number of amides is 1. The maximum atomic E-state index is 12.5. The third-order valence-corrected chi connectivity index (χ3v) is 2.38. The minimum Gasteiger partial charge on any atom is -0.445 e. The molecule has 1 rings (SSSR count). The molecule has 1 N–H and O–H groups in total. The van der Waals surface area contributed by atoms with E-state index in [2.05, 4.69) is 10.1 Å². The first-order chi connectivity index (χ1) is 8.71. The number of carbonyl (C=O) groups is 2. The third kappa shape index (κ3) is 4.44. The number of carbonyl (C=O) groups excluding carboxylic acids is 2. The van der Waals surface area contributed by atoms with Gasteiger partial charge in [0, 0.05) is 6.92 Å². The van der Waals surface area contributed by atoms with Crippen LogP contribution < -0.4 is 5.32 Å². The Labute approximate surface area is 111 Å². The SMILES string of the molecule is CC(=O)OCNC(=O)c1cc(C(F)(F)F)ccc1Cl. The summed E-state index contributed by atoms with van der Waals surface area (Å²) in [5.74, 6) is -1.49. The van der Waals surface area contributed by atoms with Crippen molar-refractivity contribution in [2.24, 2.45) is 0 Å². The van der Waals surface area contributed by atoms with Gasteiger partial charge in [-0.2, -0.15) is 13.2 Å². The highest BCUT2D eigenvalue weighted by Gasteiger charge is 2.31. The molecule has 0 aromatic heterocycles. The van der Waals surface area contributed by atoms with E-state index in [4.69, 9.17) is 11.6 Å². The molecule has 0 bridgehead atoms. The van der Waals surface area contributed by atoms with Crippen LogP contribution in [0.4, 0.5) is 13.2 Å². The maximum absolute atomic E-state index is 12.5. The van der Waals surface area contributed by atoms with Crippen molar-refractivity contribution in [2.75, 3.05) is 6.73 Å². The summed E-state index contributed by atoms with van der Waals surface area (Å²) < 4.78 is 41.9. The second-order valence-electron chi connectivity index (χ2n) is 3.48. The molecule has 1 aromatic carbocycles. The average molecular weight is 296 g/mol. The third-order valence-electron chi connectivity index (χ3n) is 2.05. The van der Waals surface area contributed by atoms with Gasteiger partial charge in [0.2, 0.25) is 0 Å². The van der Waals surface area contributed by atoms with E-state index in [0.29, 0.717) is 6.07 Å². The van der Waals surface area contributed by atoms with E-state index in [1.807, 2.05) is 0 Å². The average Bonchev–Trinajstić information content (AvgIpc) is 2.27. The number of alkyl halides is 3. The van der Waals surface area contributed by atoms with Crippen LogP contribution in [-0.2, 0) is 15.7 Å². The van der Waals surface area contributed by atoms with Gasteiger partial charge in [-0.1, -0.05) is 11.6 Å². The molecule has 0 atom stereocenters. The molecule has 0 aliphatic rings. The highest BCUT2D eigenvalue weighted by Crippen LogP contribution is 2.31. The second-order valence-corrected chi connectivity index (χ2v) is 3.89. The normalized spacial score (nSPS) is 11.0. The molecule has 104 valence electrons. The van der Waals surface area contributed by atoms with Gasteiger partial charge in [0.15, 0.2) is 6.73 Å². The Hall–Kier alpha value is -1.76. The van der Waals surface area contributed by atoms with Gasteiger partial charge >= 0.3 is 12.1 Å². The van der Waals surface area contributed by atoms with Gasteiger partial charge in [-0.15, -0.1) is 0 Å². The first kappa shape index (κ1) is 15.3. The lowest BCUT2D eigenvalue weighted by Crippen LogP contribution is -2.27. The van der Waals surface area contributed by atoms with Gasteiger partial charge < -0.3 is 10.1 Å². The summed E-state index contributed by atoms with van der Waals surface area (Å²) in [5, 5.41) is 1.98. The van der Waals surface area contributed by atoms with Crippen molar-refractivity contribution >= 4 is 23.5 Å². The highest BCUT2D eigenvalue weighted by atomic mass is 35.5. The minimum absolute atomic E-state index is 0.131. The number of nitrogens with one attached hydrogen (secondary N) is 1. The molecule has 0 fully saturated rings. The Morgan fingerprint density at radius 2 is 2.00 bits per heavy atom. The van der Waals surface area contributed by atoms with Gasteiger partial charge in [0.1, 0.15) is 0 Å². The number of rotatable bonds is 3. The van der Waals surface area contributed by atoms with E-state index >= 15 is 0 Å². The minimum atomic E-state index is -4.57. The summed E-state index contributed by atoms with van der Waals surface area (Å²) >= 11 is 5.65. The van der Waals surface area contributed by atoms with Crippen LogP contribution in [0.1, 0.15) is 22.8 Å². The monoisotopic (exact) mass is 295 g/mol. The van der Waals surface area contributed by atoms with Crippen LogP contribution >= 0.6 is 11.6 Å². The lowest BCUT2D eigenvalue weighted by atomic mass is 10.1. The van der Waals surface area contributed by atoms with Crippen molar-refractivity contribution in [1.29, 1.82) is 0 Å². The summed E-state index contributed by atoms with van der Waals surface area (Å²) in [6.07, 6.45) is -4.57. The van der Waals surface area contributed by atoms with Gasteiger partial charge in [-0.3, -0.25) is 9.59 Å². The first-order valence-corrected chi connectivity index (χ1v) is 5.38. The smallest absolute Gasteiger partial charge is 0.416 e. The fourth-order valence-corrected chi connectivity index (χ4v) is 1.38. The molecule has 8 heteroatoms. The zero-order chi connectivity index (χ0) is 14.6. The topological polar surface area (TPSA) is 55.4 Å². The van der Waals surface area contributed by atoms with Crippen molar-refractivity contribution in [3.63, 3.8) is 0 Å². The van der Waals surface area contributed by atoms with Crippen LogP contribution in [0, 0.1) is 0 Å². The number of ether oxygens (including phenoxy) is 1. The van der Waals surface area contributed by atoms with E-state index < -0.39 is 30.3 Å². The van der Waals surface area contributed by atoms with Crippen LogP contribution in [-0.4, -0.2) is 18.6 Å². The van der Waals surface area contributed by atoms with Crippen LogP contribution in [0.3, 0.4) is 0 Å². The Morgan fingerprint density at radius 3 is 2.53 bits per heavy atom. The molecule has 0 unspecified atom stereocenters. The maximum Gasteiger partial charge on any atom is 0.416 e. The molecule has 0 spiro atoms. The van der Waals surface area contributed by atoms with Crippen molar-refractivity contribution < 1.29 is 27.5 Å². The van der Waals surface area contributed by atoms with E-state index in [1.165, 1.54) is 0 Å². The Kier molecular flexibility index (Phi) is 4.77. The predicted molar refractivity (Wildman–Crippen MR) is 60.6 cm³/mol. The molecule has 1 aromatic rings. The van der Waals surface area contributed by atoms with E-state index in [9.17, 15) is 22.8 Å². The molecule has 19 heavy (non-hydrogen) atoms. The van der Waals surface area contributed by atoms with Crippen molar-refractivity contribution in [3.8, 4) is 0 Å². The Bertz CT molecular complexity index is 502. The first-order valence-electron chi connectivity index (χ1n) is 5.00. The molecular weight excluding hydrogens is 287 g/mol. The Balaban J connectivity index is 2.87. The summed E-state index contributed by atoms with van der Waals surface area (Å²) in [7, 11) is 0. The lowest BCUT2D eigenvalue weighted by molar-refractivity contribution is -0.141. The largest absolute Gasteiger partial charge is 0.445 e. The molecule has 0 saturated carbocycles. The van der Waals surface area contributed by atoms with Gasteiger partial charge in [-0.05, 0) is 18.2 Å². The van der Waals surface area contributed by atoms with E-state index in [-0.39, 0.29) is 10.6 Å². The number of esters is 1. The zero-order valence-electron chi connectivity index (χ0n) is 9.68. The summed E-state index contributed by atoms with van der Waals surface area (Å²) in [4.78, 5) is 22.0. The standard InChI is InChI=1S/C11H9ClF3NO3/c1-6(17)19-5-16-10(18)8-4-7(11(13,14)15)2-3-9(8)12/h2-4H,5H2,1H3,(H,16,18). The van der Waals surface area contributed by atoms with Crippen LogP contribution in [0.2, 0.25) is 5.02 Å². The van der Waals surface area contributed by atoms with Gasteiger partial charge in [-0.25, -0.2) is 0 Å². The van der Waals surface area contributed by atoms with Crippen LogP contribution in [0.25, 0.3) is 0 Å². The van der Waals surface area contributed by atoms with Crippen LogP contribution in [0.5, 0.6) is 0 Å². The molecule has 1 amide bonds. The summed E-state index contributed by atoms with van der Waals surface area (Å²) in [5.41, 5.74) is -1.34. The molecule has 4 nitrogen and oxygen atoms in total. The van der Waals surface area contributed by atoms with Gasteiger partial charge in [0.25, 0.3) is 5.91 Å². The molecule has 0 radical (unpaired) electrons. The predicted octanol–water partition coefficient (Wildman–Crippen LogP) is 2.61. The van der Waals surface area contributed by atoms with Gasteiger partial charge in [0.05, 0.1) is 16.1 Å². The van der Waals surface area contributed by atoms with Crippen LogP contribution in [0.15, 0.2) is 18.2 Å². The molecule has 0 saturated heterocycles. The number of benzene rings is 1. The number of hydrogen-bond acceptors (Lipinski definition) is 3. The van der Waals surface area contributed by atoms with E-state index in [0.717, 1.165) is 19.1 Å². The highest BCUT2D eigenvalue weighted by molar-refractivity contribution is 6.33. The zero-order valence-corrected chi connectivity index (χ0v) is 10.4. The van der Waals surface area contributed by atoms with Crippen molar-refractivity contribution in [2.45, 2.75) is 13.1 Å². The number of hydrogen-bond donors (Lipinski definition) is 1. The van der Waals surface area contributed by atoms with E-state index in [1.54, 1.807) is 0 Å².